The number of hydrogen-bond acceptors (Lipinski definition) is 3. The summed E-state index contributed by atoms with van der Waals surface area (Å²) in [5.41, 5.74) is 2.57. The maximum Gasteiger partial charge on any atom is 0.198 e. The Labute approximate surface area is 105 Å². The van der Waals surface area contributed by atoms with Gasteiger partial charge >= 0.3 is 0 Å². The lowest BCUT2D eigenvalue weighted by molar-refractivity contribution is 0.174. The summed E-state index contributed by atoms with van der Waals surface area (Å²) in [7, 11) is 0. The van der Waals surface area contributed by atoms with Crippen LogP contribution < -0.4 is 0 Å². The standard InChI is InChI=1S/C12H15ClN2O2/c1-3-15-9(6-8(2)14-15)7-11(16)10-4-5-17-12(10)13/h4-6,11,16H,3,7H2,1-2H3. The Morgan fingerprint density at radius 2 is 2.35 bits per heavy atom. The number of furan rings is 1. The van der Waals surface area contributed by atoms with Crippen molar-refractivity contribution in [1.29, 1.82) is 0 Å². The van der Waals surface area contributed by atoms with Gasteiger partial charge in [0.15, 0.2) is 5.22 Å². The van der Waals surface area contributed by atoms with Crippen molar-refractivity contribution in [1.82, 2.24) is 9.78 Å². The third-order valence-electron chi connectivity index (χ3n) is 2.69. The third kappa shape index (κ3) is 2.53. The molecule has 5 heteroatoms. The SMILES string of the molecule is CCn1nc(C)cc1CC(O)c1ccoc1Cl. The molecule has 0 aromatic carbocycles. The largest absolute Gasteiger partial charge is 0.453 e. The minimum atomic E-state index is -0.664. The molecule has 17 heavy (non-hydrogen) atoms. The van der Waals surface area contributed by atoms with Gasteiger partial charge in [-0.15, -0.1) is 0 Å². The van der Waals surface area contributed by atoms with Crippen LogP contribution in [0.1, 0.15) is 30.0 Å². The second-order valence-electron chi connectivity index (χ2n) is 3.96. The first-order valence-electron chi connectivity index (χ1n) is 5.56. The molecule has 2 aromatic heterocycles. The van der Waals surface area contributed by atoms with Gasteiger partial charge in [0.1, 0.15) is 0 Å². The van der Waals surface area contributed by atoms with Gasteiger partial charge in [0.25, 0.3) is 0 Å². The van der Waals surface area contributed by atoms with Crippen LogP contribution in [-0.2, 0) is 13.0 Å². The van der Waals surface area contributed by atoms with E-state index in [0.29, 0.717) is 12.0 Å². The van der Waals surface area contributed by atoms with Crippen LogP contribution in [0.2, 0.25) is 5.22 Å². The molecule has 0 fully saturated rings. The van der Waals surface area contributed by atoms with Crippen LogP contribution >= 0.6 is 11.6 Å². The second kappa shape index (κ2) is 4.94. The lowest BCUT2D eigenvalue weighted by Crippen LogP contribution is -2.08. The average molecular weight is 255 g/mol. The van der Waals surface area contributed by atoms with Crippen LogP contribution in [0, 0.1) is 6.92 Å². The smallest absolute Gasteiger partial charge is 0.198 e. The molecule has 1 unspecified atom stereocenters. The van der Waals surface area contributed by atoms with Crippen molar-refractivity contribution in [2.45, 2.75) is 32.9 Å². The molecule has 2 aromatic rings. The summed E-state index contributed by atoms with van der Waals surface area (Å²) in [6, 6.07) is 3.66. The second-order valence-corrected chi connectivity index (χ2v) is 4.31. The van der Waals surface area contributed by atoms with E-state index in [-0.39, 0.29) is 5.22 Å². The Kier molecular flexibility index (Phi) is 3.54. The van der Waals surface area contributed by atoms with Crippen LogP contribution in [0.15, 0.2) is 22.8 Å². The highest BCUT2D eigenvalue weighted by molar-refractivity contribution is 6.29. The van der Waals surface area contributed by atoms with E-state index in [1.807, 2.05) is 24.6 Å². The molecule has 4 nitrogen and oxygen atoms in total. The minimum Gasteiger partial charge on any atom is -0.453 e. The van der Waals surface area contributed by atoms with Gasteiger partial charge in [-0.2, -0.15) is 5.10 Å². The van der Waals surface area contributed by atoms with Crippen molar-refractivity contribution in [3.05, 3.63) is 40.6 Å². The van der Waals surface area contributed by atoms with Crippen molar-refractivity contribution >= 4 is 11.6 Å². The van der Waals surface area contributed by atoms with Crippen molar-refractivity contribution < 1.29 is 9.52 Å². The predicted octanol–water partition coefficient (Wildman–Crippen LogP) is 2.73. The van der Waals surface area contributed by atoms with Gasteiger partial charge < -0.3 is 9.52 Å². The fourth-order valence-corrected chi connectivity index (χ4v) is 2.13. The van der Waals surface area contributed by atoms with E-state index in [4.69, 9.17) is 16.0 Å². The topological polar surface area (TPSA) is 51.2 Å². The molecule has 0 aliphatic rings. The molecule has 0 aliphatic heterocycles. The summed E-state index contributed by atoms with van der Waals surface area (Å²) in [4.78, 5) is 0. The highest BCUT2D eigenvalue weighted by atomic mass is 35.5. The van der Waals surface area contributed by atoms with Gasteiger partial charge in [-0.25, -0.2) is 0 Å². The Hall–Kier alpha value is -1.26. The van der Waals surface area contributed by atoms with Gasteiger partial charge in [-0.1, -0.05) is 0 Å². The molecule has 92 valence electrons. The van der Waals surface area contributed by atoms with E-state index >= 15 is 0 Å². The monoisotopic (exact) mass is 254 g/mol. The van der Waals surface area contributed by atoms with E-state index in [2.05, 4.69) is 5.10 Å². The highest BCUT2D eigenvalue weighted by Gasteiger charge is 2.17. The predicted molar refractivity (Wildman–Crippen MR) is 65.0 cm³/mol. The Bertz CT molecular complexity index is 504. The molecule has 0 spiro atoms. The normalized spacial score (nSPS) is 12.9. The van der Waals surface area contributed by atoms with Gasteiger partial charge in [-0.05, 0) is 37.6 Å². The number of halogens is 1. The number of rotatable bonds is 4. The fourth-order valence-electron chi connectivity index (χ4n) is 1.89. The van der Waals surface area contributed by atoms with E-state index in [1.165, 1.54) is 6.26 Å². The zero-order valence-electron chi connectivity index (χ0n) is 9.85. The van der Waals surface area contributed by atoms with E-state index in [1.54, 1.807) is 6.07 Å². The lowest BCUT2D eigenvalue weighted by atomic mass is 10.1. The highest BCUT2D eigenvalue weighted by Crippen LogP contribution is 2.26. The van der Waals surface area contributed by atoms with Crippen molar-refractivity contribution in [3.63, 3.8) is 0 Å². The first kappa shape index (κ1) is 12.2. The van der Waals surface area contributed by atoms with Crippen molar-refractivity contribution in [2.24, 2.45) is 0 Å². The summed E-state index contributed by atoms with van der Waals surface area (Å²) in [5.74, 6) is 0. The number of aromatic nitrogens is 2. The summed E-state index contributed by atoms with van der Waals surface area (Å²) in [6.07, 6.45) is 1.29. The van der Waals surface area contributed by atoms with E-state index < -0.39 is 6.10 Å². The fraction of sp³-hybridized carbons (Fsp3) is 0.417. The quantitative estimate of drug-likeness (QED) is 0.913. The number of nitrogens with zero attached hydrogens (tertiary/aromatic N) is 2. The molecule has 2 heterocycles. The first-order chi connectivity index (χ1) is 8.11. The minimum absolute atomic E-state index is 0.247. The number of aryl methyl sites for hydroxylation is 2. The van der Waals surface area contributed by atoms with Crippen LogP contribution in [0.4, 0.5) is 0 Å². The summed E-state index contributed by atoms with van der Waals surface area (Å²) in [5, 5.41) is 14.7. The molecular formula is C12H15ClN2O2. The maximum absolute atomic E-state index is 10.1. The molecule has 0 saturated heterocycles. The van der Waals surface area contributed by atoms with E-state index in [0.717, 1.165) is 17.9 Å². The average Bonchev–Trinajstić information content (AvgIpc) is 2.84. The first-order valence-corrected chi connectivity index (χ1v) is 5.94. The third-order valence-corrected chi connectivity index (χ3v) is 3.00. The van der Waals surface area contributed by atoms with E-state index in [9.17, 15) is 5.11 Å². The summed E-state index contributed by atoms with van der Waals surface area (Å²) in [6.45, 7) is 4.75. The van der Waals surface area contributed by atoms with Gasteiger partial charge in [-0.3, -0.25) is 4.68 Å². The Morgan fingerprint density at radius 1 is 1.59 bits per heavy atom. The zero-order chi connectivity index (χ0) is 12.4. The van der Waals surface area contributed by atoms with Crippen molar-refractivity contribution in [2.75, 3.05) is 0 Å². The zero-order valence-corrected chi connectivity index (χ0v) is 10.6. The summed E-state index contributed by atoms with van der Waals surface area (Å²) >= 11 is 5.83. The van der Waals surface area contributed by atoms with Gasteiger partial charge in [0.05, 0.1) is 18.1 Å². The van der Waals surface area contributed by atoms with Gasteiger partial charge in [0, 0.05) is 24.2 Å². The van der Waals surface area contributed by atoms with Crippen LogP contribution in [0.25, 0.3) is 0 Å². The molecular weight excluding hydrogens is 240 g/mol. The molecule has 0 radical (unpaired) electrons. The Morgan fingerprint density at radius 3 is 2.94 bits per heavy atom. The summed E-state index contributed by atoms with van der Waals surface area (Å²) < 4.78 is 6.85. The lowest BCUT2D eigenvalue weighted by Gasteiger charge is -2.10. The van der Waals surface area contributed by atoms with Crippen LogP contribution in [0.3, 0.4) is 0 Å². The number of aliphatic hydroxyl groups is 1. The van der Waals surface area contributed by atoms with Gasteiger partial charge in [0.2, 0.25) is 0 Å². The van der Waals surface area contributed by atoms with Crippen LogP contribution in [-0.4, -0.2) is 14.9 Å². The molecule has 1 atom stereocenters. The number of aliphatic hydroxyl groups excluding tert-OH is 1. The maximum atomic E-state index is 10.1. The Balaban J connectivity index is 2.18. The van der Waals surface area contributed by atoms with Crippen LogP contribution in [0.5, 0.6) is 0 Å². The van der Waals surface area contributed by atoms with Crippen molar-refractivity contribution in [3.8, 4) is 0 Å². The molecule has 0 amide bonds. The molecule has 0 bridgehead atoms. The molecule has 0 saturated carbocycles. The molecule has 2 rings (SSSR count). The molecule has 1 N–H and O–H groups in total. The molecule has 0 aliphatic carbocycles. The number of hydrogen-bond donors (Lipinski definition) is 1.